The van der Waals surface area contributed by atoms with Crippen molar-refractivity contribution in [2.45, 2.75) is 19.3 Å². The Labute approximate surface area is 102 Å². The number of phenols is 1. The van der Waals surface area contributed by atoms with Gasteiger partial charge in [-0.3, -0.25) is 4.79 Å². The average Bonchev–Trinajstić information content (AvgIpc) is 2.23. The Balaban J connectivity index is 3.31. The van der Waals surface area contributed by atoms with Crippen LogP contribution in [0, 0.1) is 0 Å². The number of benzene rings is 1. The molecule has 0 spiro atoms. The van der Waals surface area contributed by atoms with Crippen LogP contribution in [0.1, 0.15) is 24.8 Å². The lowest BCUT2D eigenvalue weighted by Gasteiger charge is -2.14. The predicted octanol–water partition coefficient (Wildman–Crippen LogP) is 2.74. The van der Waals surface area contributed by atoms with Crippen molar-refractivity contribution in [1.82, 2.24) is 0 Å². The summed E-state index contributed by atoms with van der Waals surface area (Å²) in [6.07, 6.45) is 0.405. The number of hydrogen-bond donors (Lipinski definition) is 2. The second kappa shape index (κ2) is 5.21. The molecule has 0 aliphatic carbocycles. The molecule has 0 radical (unpaired) electrons. The lowest BCUT2D eigenvalue weighted by atomic mass is 9.95. The number of aliphatic carboxylic acids is 1. The topological polar surface area (TPSA) is 66.8 Å². The number of carboxylic acid groups (broad SMARTS) is 1. The van der Waals surface area contributed by atoms with Crippen LogP contribution in [-0.4, -0.2) is 23.3 Å². The van der Waals surface area contributed by atoms with E-state index in [4.69, 9.17) is 9.84 Å². The molecule has 1 atom stereocenters. The van der Waals surface area contributed by atoms with Gasteiger partial charge < -0.3 is 14.9 Å². The van der Waals surface area contributed by atoms with Gasteiger partial charge in [0, 0.05) is 10.0 Å². The Morgan fingerprint density at radius 2 is 2.19 bits per heavy atom. The lowest BCUT2D eigenvalue weighted by molar-refractivity contribution is -0.138. The van der Waals surface area contributed by atoms with E-state index in [9.17, 15) is 9.90 Å². The fourth-order valence-electron chi connectivity index (χ4n) is 1.54. The highest BCUT2D eigenvalue weighted by molar-refractivity contribution is 9.10. The van der Waals surface area contributed by atoms with Crippen LogP contribution in [0.5, 0.6) is 11.5 Å². The van der Waals surface area contributed by atoms with Crippen LogP contribution in [0.25, 0.3) is 0 Å². The summed E-state index contributed by atoms with van der Waals surface area (Å²) in [5, 5.41) is 18.9. The third-order valence-electron chi connectivity index (χ3n) is 2.37. The smallest absolute Gasteiger partial charge is 0.311 e. The number of carboxylic acids is 1. The van der Waals surface area contributed by atoms with Crippen molar-refractivity contribution in [2.24, 2.45) is 0 Å². The van der Waals surface area contributed by atoms with Gasteiger partial charge in [0.2, 0.25) is 0 Å². The summed E-state index contributed by atoms with van der Waals surface area (Å²) in [5.41, 5.74) is 0.362. The van der Waals surface area contributed by atoms with E-state index in [1.54, 1.807) is 19.1 Å². The Morgan fingerprint density at radius 1 is 1.56 bits per heavy atom. The van der Waals surface area contributed by atoms with Gasteiger partial charge in [-0.2, -0.15) is 0 Å². The van der Waals surface area contributed by atoms with Gasteiger partial charge in [-0.05, 0) is 18.6 Å². The Hall–Kier alpha value is -1.23. The number of hydrogen-bond acceptors (Lipinski definition) is 3. The fraction of sp³-hybridized carbons (Fsp3) is 0.364. The van der Waals surface area contributed by atoms with Crippen LogP contribution in [0.2, 0.25) is 0 Å². The normalized spacial score (nSPS) is 12.2. The van der Waals surface area contributed by atoms with E-state index in [1.807, 2.05) is 0 Å². The molecule has 0 fully saturated rings. The van der Waals surface area contributed by atoms with E-state index < -0.39 is 11.9 Å². The molecule has 1 aromatic rings. The van der Waals surface area contributed by atoms with Crippen LogP contribution < -0.4 is 4.74 Å². The molecule has 1 unspecified atom stereocenters. The van der Waals surface area contributed by atoms with Crippen molar-refractivity contribution in [2.75, 3.05) is 7.11 Å². The number of carbonyl (C=O) groups is 1. The summed E-state index contributed by atoms with van der Waals surface area (Å²) in [4.78, 5) is 11.0. The van der Waals surface area contributed by atoms with Crippen LogP contribution >= 0.6 is 15.9 Å². The van der Waals surface area contributed by atoms with E-state index in [-0.39, 0.29) is 11.5 Å². The zero-order chi connectivity index (χ0) is 12.3. The molecule has 0 aliphatic heterocycles. The maximum Gasteiger partial charge on any atom is 0.311 e. The van der Waals surface area contributed by atoms with Crippen LogP contribution in [-0.2, 0) is 4.79 Å². The monoisotopic (exact) mass is 288 g/mol. The van der Waals surface area contributed by atoms with Crippen molar-refractivity contribution in [3.05, 3.63) is 22.2 Å². The second-order valence-corrected chi connectivity index (χ2v) is 4.26. The molecule has 0 saturated heterocycles. The first-order valence-corrected chi connectivity index (χ1v) is 5.59. The molecule has 0 bridgehead atoms. The zero-order valence-electron chi connectivity index (χ0n) is 9.03. The van der Waals surface area contributed by atoms with Crippen molar-refractivity contribution < 1.29 is 19.7 Å². The quantitative estimate of drug-likeness (QED) is 0.894. The Morgan fingerprint density at radius 3 is 2.62 bits per heavy atom. The Bertz CT molecular complexity index is 403. The summed E-state index contributed by atoms with van der Waals surface area (Å²) in [6.45, 7) is 1.76. The van der Waals surface area contributed by atoms with Crippen LogP contribution in [0.4, 0.5) is 0 Å². The SMILES string of the molecule is CCC(C(=O)O)c1cc(Br)cc(OC)c1O. The molecule has 1 aromatic carbocycles. The number of methoxy groups -OCH3 is 1. The molecule has 88 valence electrons. The molecule has 16 heavy (non-hydrogen) atoms. The number of phenolic OH excluding ortho intramolecular Hbond substituents is 1. The van der Waals surface area contributed by atoms with E-state index in [1.165, 1.54) is 7.11 Å². The van der Waals surface area contributed by atoms with Crippen molar-refractivity contribution >= 4 is 21.9 Å². The highest BCUT2D eigenvalue weighted by Crippen LogP contribution is 2.38. The minimum Gasteiger partial charge on any atom is -0.504 e. The summed E-state index contributed by atoms with van der Waals surface area (Å²) in [6, 6.07) is 3.19. The summed E-state index contributed by atoms with van der Waals surface area (Å²) >= 11 is 3.25. The van der Waals surface area contributed by atoms with Crippen LogP contribution in [0.3, 0.4) is 0 Å². The van der Waals surface area contributed by atoms with Gasteiger partial charge in [0.05, 0.1) is 13.0 Å². The summed E-state index contributed by atoms with van der Waals surface area (Å²) in [5.74, 6) is -1.53. The van der Waals surface area contributed by atoms with Gasteiger partial charge >= 0.3 is 5.97 Å². The van der Waals surface area contributed by atoms with Crippen molar-refractivity contribution in [3.8, 4) is 11.5 Å². The molecular formula is C11H13BrO4. The first-order valence-electron chi connectivity index (χ1n) is 4.80. The van der Waals surface area contributed by atoms with Crippen LogP contribution in [0.15, 0.2) is 16.6 Å². The molecule has 0 aromatic heterocycles. The third-order valence-corrected chi connectivity index (χ3v) is 2.83. The largest absolute Gasteiger partial charge is 0.504 e. The minimum atomic E-state index is -0.960. The first-order chi connectivity index (χ1) is 7.51. The molecule has 0 saturated carbocycles. The van der Waals surface area contributed by atoms with Gasteiger partial charge in [0.25, 0.3) is 0 Å². The van der Waals surface area contributed by atoms with Gasteiger partial charge in [0.1, 0.15) is 0 Å². The van der Waals surface area contributed by atoms with E-state index in [0.717, 1.165) is 0 Å². The number of ether oxygens (including phenoxy) is 1. The molecule has 1 rings (SSSR count). The number of rotatable bonds is 4. The standard InChI is InChI=1S/C11H13BrO4/c1-3-7(11(14)15)8-4-6(12)5-9(16-2)10(8)13/h4-5,7,13H,3H2,1-2H3,(H,14,15). The Kier molecular flexibility index (Phi) is 4.18. The van der Waals surface area contributed by atoms with Gasteiger partial charge in [-0.25, -0.2) is 0 Å². The molecule has 5 heteroatoms. The highest BCUT2D eigenvalue weighted by Gasteiger charge is 2.23. The maximum atomic E-state index is 11.0. The van der Waals surface area contributed by atoms with Gasteiger partial charge in [0.15, 0.2) is 11.5 Å². The molecule has 2 N–H and O–H groups in total. The van der Waals surface area contributed by atoms with E-state index in [2.05, 4.69) is 15.9 Å². The first kappa shape index (κ1) is 12.8. The van der Waals surface area contributed by atoms with E-state index >= 15 is 0 Å². The highest BCUT2D eigenvalue weighted by atomic mass is 79.9. The number of aromatic hydroxyl groups is 1. The fourth-order valence-corrected chi connectivity index (χ4v) is 2.00. The van der Waals surface area contributed by atoms with Gasteiger partial charge in [-0.1, -0.05) is 22.9 Å². The summed E-state index contributed by atoms with van der Waals surface area (Å²) in [7, 11) is 1.42. The second-order valence-electron chi connectivity index (χ2n) is 3.34. The third kappa shape index (κ3) is 2.47. The van der Waals surface area contributed by atoms with Crippen molar-refractivity contribution in [3.63, 3.8) is 0 Å². The predicted molar refractivity (Wildman–Crippen MR) is 63.0 cm³/mol. The molecular weight excluding hydrogens is 276 g/mol. The molecule has 0 heterocycles. The molecule has 0 aliphatic rings. The maximum absolute atomic E-state index is 11.0. The zero-order valence-corrected chi connectivity index (χ0v) is 10.6. The summed E-state index contributed by atoms with van der Waals surface area (Å²) < 4.78 is 5.65. The number of halogens is 1. The minimum absolute atomic E-state index is 0.111. The van der Waals surface area contributed by atoms with Gasteiger partial charge in [-0.15, -0.1) is 0 Å². The molecule has 4 nitrogen and oxygen atoms in total. The lowest BCUT2D eigenvalue weighted by Crippen LogP contribution is -2.11. The average molecular weight is 289 g/mol. The van der Waals surface area contributed by atoms with Crippen molar-refractivity contribution in [1.29, 1.82) is 0 Å². The van der Waals surface area contributed by atoms with E-state index in [0.29, 0.717) is 16.5 Å². The molecule has 0 amide bonds.